The summed E-state index contributed by atoms with van der Waals surface area (Å²) in [4.78, 5) is 29.7. The van der Waals surface area contributed by atoms with E-state index in [2.05, 4.69) is 37.1 Å². The first-order valence-corrected chi connectivity index (χ1v) is 13.8. The minimum absolute atomic E-state index is 0.0647. The number of hydrogen-bond donors (Lipinski definition) is 2. The van der Waals surface area contributed by atoms with Crippen LogP contribution >= 0.6 is 23.6 Å². The molecule has 5 heterocycles. The number of halogens is 2. The Morgan fingerprint density at radius 1 is 1.30 bits per heavy atom. The first-order chi connectivity index (χ1) is 19.5. The molecule has 0 saturated carbocycles. The van der Waals surface area contributed by atoms with Crippen LogP contribution in [0.4, 0.5) is 10.2 Å². The van der Waals surface area contributed by atoms with Crippen LogP contribution in [0.5, 0.6) is 17.6 Å². The van der Waals surface area contributed by atoms with Gasteiger partial charge in [-0.25, -0.2) is 13.7 Å². The zero-order chi connectivity index (χ0) is 27.6. The largest absolute Gasteiger partial charge is 0.463 e. The van der Waals surface area contributed by atoms with E-state index in [0.29, 0.717) is 67.0 Å². The molecule has 0 spiro atoms. The van der Waals surface area contributed by atoms with Crippen LogP contribution in [0.25, 0.3) is 21.8 Å². The van der Waals surface area contributed by atoms with Crippen LogP contribution in [0.15, 0.2) is 37.2 Å². The summed E-state index contributed by atoms with van der Waals surface area (Å²) in [6.07, 6.45) is 4.38. The molecule has 2 aliphatic rings. The summed E-state index contributed by atoms with van der Waals surface area (Å²) in [6, 6.07) is 3.17. The number of rotatable bonds is 7. The highest BCUT2D eigenvalue weighted by Gasteiger charge is 2.26. The zero-order valence-corrected chi connectivity index (χ0v) is 22.7. The third kappa shape index (κ3) is 5.22. The number of piperazine rings is 1. The van der Waals surface area contributed by atoms with Crippen molar-refractivity contribution in [3.8, 4) is 17.6 Å². The first kappa shape index (κ1) is 26.5. The molecule has 0 radical (unpaired) electrons. The molecule has 1 amide bonds. The number of benzene rings is 1. The number of carbonyl (C=O) groups excluding carboxylic acids is 1. The number of pyridine rings is 1. The van der Waals surface area contributed by atoms with Gasteiger partial charge in [-0.1, -0.05) is 18.2 Å². The molecule has 3 aromatic heterocycles. The number of hydroxylamine groups is 1. The summed E-state index contributed by atoms with van der Waals surface area (Å²) in [5, 5.41) is 7.64. The number of anilines is 1. The lowest BCUT2D eigenvalue weighted by atomic mass is 10.2. The second-order valence-corrected chi connectivity index (χ2v) is 10.3. The summed E-state index contributed by atoms with van der Waals surface area (Å²) in [5.41, 5.74) is 3.64. The molecule has 1 unspecified atom stereocenters. The SMILES string of the molecule is C=CC(=O)N1CCN(c2nc(OCC3CNOSC3)nc3c(Oc4c(Cl)c(F)cc5[nH]ncc45)nccc23)CC1. The van der Waals surface area contributed by atoms with Crippen molar-refractivity contribution < 1.29 is 22.9 Å². The lowest BCUT2D eigenvalue weighted by molar-refractivity contribution is -0.126. The van der Waals surface area contributed by atoms with Crippen LogP contribution < -0.4 is 19.9 Å². The predicted molar refractivity (Wildman–Crippen MR) is 148 cm³/mol. The molecule has 1 atom stereocenters. The molecule has 6 rings (SSSR count). The average Bonchev–Trinajstić information content (AvgIpc) is 3.46. The second-order valence-electron chi connectivity index (χ2n) is 9.19. The van der Waals surface area contributed by atoms with Crippen LogP contribution in [0.2, 0.25) is 5.02 Å². The highest BCUT2D eigenvalue weighted by atomic mass is 35.5. The fourth-order valence-electron chi connectivity index (χ4n) is 4.53. The fourth-order valence-corrected chi connectivity index (χ4v) is 5.35. The normalized spacial score (nSPS) is 17.8. The minimum atomic E-state index is -0.664. The van der Waals surface area contributed by atoms with E-state index in [1.807, 2.05) is 0 Å². The first-order valence-electron chi connectivity index (χ1n) is 12.5. The molecule has 40 heavy (non-hydrogen) atoms. The van der Waals surface area contributed by atoms with Gasteiger partial charge in [0.15, 0.2) is 5.75 Å². The van der Waals surface area contributed by atoms with Crippen molar-refractivity contribution in [2.75, 3.05) is 50.0 Å². The number of ether oxygens (including phenoxy) is 2. The number of aromatic nitrogens is 5. The predicted octanol–water partition coefficient (Wildman–Crippen LogP) is 3.50. The topological polar surface area (TPSA) is 131 Å². The Morgan fingerprint density at radius 2 is 2.15 bits per heavy atom. The summed E-state index contributed by atoms with van der Waals surface area (Å²) in [7, 11) is 0. The summed E-state index contributed by atoms with van der Waals surface area (Å²) < 4.78 is 31.9. The summed E-state index contributed by atoms with van der Waals surface area (Å²) >= 11 is 7.63. The number of hydrogen-bond acceptors (Lipinski definition) is 11. The lowest BCUT2D eigenvalue weighted by Gasteiger charge is -2.35. The third-order valence-corrected chi connectivity index (χ3v) is 7.84. The van der Waals surface area contributed by atoms with Gasteiger partial charge in [0.2, 0.25) is 11.8 Å². The number of aromatic amines is 1. The van der Waals surface area contributed by atoms with Crippen LogP contribution in [0.1, 0.15) is 0 Å². The molecule has 2 aliphatic heterocycles. The van der Waals surface area contributed by atoms with Crippen molar-refractivity contribution >= 4 is 57.2 Å². The van der Waals surface area contributed by atoms with Crippen molar-refractivity contribution in [1.82, 2.24) is 35.5 Å². The van der Waals surface area contributed by atoms with Crippen LogP contribution in [0.3, 0.4) is 0 Å². The third-order valence-electron chi connectivity index (χ3n) is 6.64. The zero-order valence-electron chi connectivity index (χ0n) is 21.1. The quantitative estimate of drug-likeness (QED) is 0.244. The van der Waals surface area contributed by atoms with Crippen molar-refractivity contribution in [1.29, 1.82) is 0 Å². The maximum atomic E-state index is 14.6. The van der Waals surface area contributed by atoms with Crippen LogP contribution in [0, 0.1) is 11.7 Å². The van der Waals surface area contributed by atoms with Crippen molar-refractivity contribution in [2.24, 2.45) is 5.92 Å². The highest BCUT2D eigenvalue weighted by molar-refractivity contribution is 7.94. The standard InChI is InChI=1S/C25H24ClFN8O4S/c1-2-19(36)34-5-7-35(8-6-34)23-15-3-4-28-24(38-22-16-11-29-33-18(16)9-17(27)20(22)26)21(15)31-25(32-23)37-12-14-10-30-39-40-13-14/h2-4,9,11,14,30H,1,5-8,10,12-13H2,(H,29,33). The van der Waals surface area contributed by atoms with E-state index >= 15 is 0 Å². The van der Waals surface area contributed by atoms with E-state index in [1.54, 1.807) is 17.2 Å². The second kappa shape index (κ2) is 11.4. The Hall–Kier alpha value is -3.72. The molecule has 12 nitrogen and oxygen atoms in total. The van der Waals surface area contributed by atoms with E-state index in [4.69, 9.17) is 30.3 Å². The Bertz CT molecular complexity index is 1580. The number of H-pyrrole nitrogens is 1. The Morgan fingerprint density at radius 3 is 2.92 bits per heavy atom. The van der Waals surface area contributed by atoms with E-state index in [-0.39, 0.29) is 34.5 Å². The number of fused-ring (bicyclic) bond motifs is 2. The number of amides is 1. The fraction of sp³-hybridized carbons (Fsp3) is 0.320. The molecule has 2 fully saturated rings. The molecule has 2 saturated heterocycles. The van der Waals surface area contributed by atoms with E-state index in [1.165, 1.54) is 30.4 Å². The summed E-state index contributed by atoms with van der Waals surface area (Å²) in [6.45, 7) is 6.65. The van der Waals surface area contributed by atoms with E-state index in [0.717, 1.165) is 5.75 Å². The van der Waals surface area contributed by atoms with Crippen molar-refractivity contribution in [2.45, 2.75) is 0 Å². The van der Waals surface area contributed by atoms with E-state index < -0.39 is 5.82 Å². The minimum Gasteiger partial charge on any atom is -0.463 e. The molecule has 4 aromatic rings. The van der Waals surface area contributed by atoms with Crippen LogP contribution in [-0.2, 0) is 9.08 Å². The molecule has 0 aliphatic carbocycles. The van der Waals surface area contributed by atoms with E-state index in [9.17, 15) is 9.18 Å². The lowest BCUT2D eigenvalue weighted by Crippen LogP contribution is -2.48. The molecular weight excluding hydrogens is 563 g/mol. The monoisotopic (exact) mass is 586 g/mol. The van der Waals surface area contributed by atoms with Gasteiger partial charge in [0.25, 0.3) is 0 Å². The molecule has 1 aromatic carbocycles. The molecule has 0 bridgehead atoms. The van der Waals surface area contributed by atoms with Gasteiger partial charge in [-0.05, 0) is 12.1 Å². The van der Waals surface area contributed by atoms with Gasteiger partial charge in [0.1, 0.15) is 22.2 Å². The molecule has 15 heteroatoms. The molecule has 208 valence electrons. The Balaban J connectivity index is 1.39. The average molecular weight is 587 g/mol. The number of carbonyl (C=O) groups is 1. The summed E-state index contributed by atoms with van der Waals surface area (Å²) in [5.74, 6) is 0.928. The van der Waals surface area contributed by atoms with Gasteiger partial charge in [-0.2, -0.15) is 20.5 Å². The highest BCUT2D eigenvalue weighted by Crippen LogP contribution is 2.40. The van der Waals surface area contributed by atoms with Gasteiger partial charge in [-0.3, -0.25) is 9.89 Å². The van der Waals surface area contributed by atoms with Gasteiger partial charge in [-0.15, -0.1) is 0 Å². The number of nitrogens with one attached hydrogen (secondary N) is 2. The van der Waals surface area contributed by atoms with Gasteiger partial charge in [0, 0.05) is 68.7 Å². The Labute approximate surface area is 237 Å². The maximum absolute atomic E-state index is 14.6. The van der Waals surface area contributed by atoms with Gasteiger partial charge < -0.3 is 19.3 Å². The smallest absolute Gasteiger partial charge is 0.319 e. The Kier molecular flexibility index (Phi) is 7.56. The van der Waals surface area contributed by atoms with Crippen molar-refractivity contribution in [3.05, 3.63) is 48.0 Å². The molecular formula is C25H24ClFN8O4S. The van der Waals surface area contributed by atoms with Gasteiger partial charge >= 0.3 is 6.01 Å². The van der Waals surface area contributed by atoms with Gasteiger partial charge in [0.05, 0.1) is 29.1 Å². The number of nitrogens with zero attached hydrogens (tertiary/aromatic N) is 6. The van der Waals surface area contributed by atoms with Crippen molar-refractivity contribution in [3.63, 3.8) is 0 Å². The maximum Gasteiger partial charge on any atom is 0.319 e. The molecule has 2 N–H and O–H groups in total. The van der Waals surface area contributed by atoms with Crippen LogP contribution in [-0.4, -0.2) is 81.0 Å².